The number of carbonyl (C=O) groups excluding carboxylic acids is 2. The summed E-state index contributed by atoms with van der Waals surface area (Å²) in [7, 11) is 0. The number of rotatable bonds is 33. The van der Waals surface area contributed by atoms with E-state index >= 15 is 0 Å². The van der Waals surface area contributed by atoms with Gasteiger partial charge in [0.25, 0.3) is 0 Å². The molecule has 1 atom stereocenters. The van der Waals surface area contributed by atoms with Crippen molar-refractivity contribution in [1.82, 2.24) is 0 Å². The monoisotopic (exact) mass is 595 g/mol. The molecule has 0 aromatic heterocycles. The Morgan fingerprint density at radius 2 is 0.929 bits per heavy atom. The number of ether oxygens (including phenoxy) is 3. The minimum Gasteiger partial charge on any atom is -0.462 e. The Kier molecular flexibility index (Phi) is 33.0. The summed E-state index contributed by atoms with van der Waals surface area (Å²) < 4.78 is 17.0. The van der Waals surface area contributed by atoms with E-state index in [2.05, 4.69) is 32.9 Å². The predicted octanol–water partition coefficient (Wildman–Crippen LogP) is 11.2. The Morgan fingerprint density at radius 3 is 1.45 bits per heavy atom. The zero-order valence-corrected chi connectivity index (χ0v) is 28.3. The van der Waals surface area contributed by atoms with Gasteiger partial charge in [-0.05, 0) is 44.9 Å². The van der Waals surface area contributed by atoms with Crippen molar-refractivity contribution in [1.29, 1.82) is 0 Å². The van der Waals surface area contributed by atoms with Gasteiger partial charge >= 0.3 is 11.9 Å². The van der Waals surface area contributed by atoms with Crippen LogP contribution in [0.1, 0.15) is 188 Å². The van der Waals surface area contributed by atoms with E-state index in [1.807, 2.05) is 0 Å². The maximum Gasteiger partial charge on any atom is 0.306 e. The second kappa shape index (κ2) is 34.1. The maximum absolute atomic E-state index is 12.4. The molecule has 5 heteroatoms. The molecule has 0 saturated carbocycles. The topological polar surface area (TPSA) is 61.8 Å². The first kappa shape index (κ1) is 40.6. The van der Waals surface area contributed by atoms with Crippen LogP contribution >= 0.6 is 0 Å². The molecule has 42 heavy (non-hydrogen) atoms. The minimum atomic E-state index is -0.522. The van der Waals surface area contributed by atoms with E-state index in [-0.39, 0.29) is 25.2 Å². The van der Waals surface area contributed by atoms with E-state index in [1.54, 1.807) is 0 Å². The van der Waals surface area contributed by atoms with Crippen molar-refractivity contribution < 1.29 is 23.8 Å². The zero-order valence-electron chi connectivity index (χ0n) is 28.3. The Balaban J connectivity index is 3.99. The van der Waals surface area contributed by atoms with Gasteiger partial charge in [0.1, 0.15) is 6.61 Å². The molecule has 0 heterocycles. The average molecular weight is 595 g/mol. The summed E-state index contributed by atoms with van der Waals surface area (Å²) in [5.74, 6) is -0.423. The summed E-state index contributed by atoms with van der Waals surface area (Å²) in [4.78, 5) is 24.5. The van der Waals surface area contributed by atoms with Crippen LogP contribution in [-0.4, -0.2) is 37.9 Å². The normalized spacial score (nSPS) is 12.2. The summed E-state index contributed by atoms with van der Waals surface area (Å²) in [6.07, 6.45) is 33.9. The first-order chi connectivity index (χ1) is 20.6. The van der Waals surface area contributed by atoms with E-state index < -0.39 is 6.10 Å². The second-order valence-corrected chi connectivity index (χ2v) is 12.1. The van der Waals surface area contributed by atoms with Gasteiger partial charge in [0.2, 0.25) is 0 Å². The smallest absolute Gasteiger partial charge is 0.306 e. The van der Waals surface area contributed by atoms with Gasteiger partial charge in [-0.1, -0.05) is 142 Å². The predicted molar refractivity (Wildman–Crippen MR) is 178 cm³/mol. The molecular weight excluding hydrogens is 524 g/mol. The van der Waals surface area contributed by atoms with E-state index in [4.69, 9.17) is 14.2 Å². The third-order valence-electron chi connectivity index (χ3n) is 7.80. The highest BCUT2D eigenvalue weighted by molar-refractivity contribution is 5.70. The lowest BCUT2D eigenvalue weighted by molar-refractivity contribution is -0.163. The average Bonchev–Trinajstić information content (AvgIpc) is 2.98. The molecule has 0 rings (SSSR count). The number of allylic oxidation sites excluding steroid dienone is 2. The Morgan fingerprint density at radius 1 is 0.500 bits per heavy atom. The van der Waals surface area contributed by atoms with Crippen LogP contribution in [0, 0.1) is 0 Å². The maximum atomic E-state index is 12.4. The summed E-state index contributed by atoms with van der Waals surface area (Å²) in [5.41, 5.74) is 0. The quantitative estimate of drug-likeness (QED) is 0.0429. The van der Waals surface area contributed by atoms with Crippen LogP contribution in [0.25, 0.3) is 0 Å². The molecule has 0 saturated heterocycles. The molecule has 248 valence electrons. The first-order valence-corrected chi connectivity index (χ1v) is 18.2. The molecule has 0 aliphatic carbocycles. The molecule has 0 bridgehead atoms. The van der Waals surface area contributed by atoms with Gasteiger partial charge in [0.15, 0.2) is 6.10 Å². The van der Waals surface area contributed by atoms with Crippen molar-refractivity contribution in [2.75, 3.05) is 19.8 Å². The van der Waals surface area contributed by atoms with Crippen molar-refractivity contribution in [3.63, 3.8) is 0 Å². The van der Waals surface area contributed by atoms with Crippen molar-refractivity contribution in [3.05, 3.63) is 12.2 Å². The van der Waals surface area contributed by atoms with Crippen LogP contribution < -0.4 is 0 Å². The molecule has 0 radical (unpaired) electrons. The van der Waals surface area contributed by atoms with E-state index in [0.717, 1.165) is 51.4 Å². The van der Waals surface area contributed by atoms with Crippen LogP contribution in [0.2, 0.25) is 0 Å². The highest BCUT2D eigenvalue weighted by atomic mass is 16.6. The third-order valence-corrected chi connectivity index (χ3v) is 7.80. The SMILES string of the molecule is CCCCCCCC/C=C\CCCCCCCCOCC(COC(=O)CCCCCCC)OC(=O)CCCCCCC. The molecule has 0 spiro atoms. The van der Waals surface area contributed by atoms with E-state index in [1.165, 1.54) is 103 Å². The number of unbranched alkanes of at least 4 members (excludes halogenated alkanes) is 20. The second-order valence-electron chi connectivity index (χ2n) is 12.1. The number of hydrogen-bond donors (Lipinski definition) is 0. The van der Waals surface area contributed by atoms with Gasteiger partial charge in [-0.25, -0.2) is 0 Å². The largest absolute Gasteiger partial charge is 0.462 e. The number of hydrogen-bond acceptors (Lipinski definition) is 5. The third kappa shape index (κ3) is 31.6. The Bertz CT molecular complexity index is 603. The Labute approximate surface area is 261 Å². The molecule has 0 aliphatic heterocycles. The molecule has 0 amide bonds. The summed E-state index contributed by atoms with van der Waals surface area (Å²) >= 11 is 0. The van der Waals surface area contributed by atoms with Gasteiger partial charge in [-0.15, -0.1) is 0 Å². The fourth-order valence-electron chi connectivity index (χ4n) is 5.03. The van der Waals surface area contributed by atoms with Crippen molar-refractivity contribution in [2.45, 2.75) is 194 Å². The molecule has 1 unspecified atom stereocenters. The minimum absolute atomic E-state index is 0.0861. The summed E-state index contributed by atoms with van der Waals surface area (Å²) in [6, 6.07) is 0. The lowest BCUT2D eigenvalue weighted by Gasteiger charge is -2.18. The van der Waals surface area contributed by atoms with Crippen LogP contribution in [0.4, 0.5) is 0 Å². The molecule has 0 aromatic rings. The lowest BCUT2D eigenvalue weighted by atomic mass is 10.1. The molecule has 0 fully saturated rings. The van der Waals surface area contributed by atoms with Gasteiger partial charge in [0, 0.05) is 19.4 Å². The Hall–Kier alpha value is -1.36. The van der Waals surface area contributed by atoms with Crippen molar-refractivity contribution in [2.24, 2.45) is 0 Å². The molecule has 0 N–H and O–H groups in total. The van der Waals surface area contributed by atoms with Gasteiger partial charge in [-0.2, -0.15) is 0 Å². The van der Waals surface area contributed by atoms with Crippen molar-refractivity contribution >= 4 is 11.9 Å². The fourth-order valence-corrected chi connectivity index (χ4v) is 5.03. The van der Waals surface area contributed by atoms with Gasteiger partial charge in [0.05, 0.1) is 6.61 Å². The fraction of sp³-hybridized carbons (Fsp3) is 0.892. The highest BCUT2D eigenvalue weighted by Crippen LogP contribution is 2.12. The van der Waals surface area contributed by atoms with Crippen LogP contribution in [0.5, 0.6) is 0 Å². The molecule has 0 aromatic carbocycles. The van der Waals surface area contributed by atoms with Crippen molar-refractivity contribution in [3.8, 4) is 0 Å². The van der Waals surface area contributed by atoms with Crippen LogP contribution in [-0.2, 0) is 23.8 Å². The van der Waals surface area contributed by atoms with Crippen LogP contribution in [0.15, 0.2) is 12.2 Å². The standard InChI is InChI=1S/C37H70O5/c1-4-7-10-13-14-15-16-17-18-19-20-21-22-23-26-29-32-40-33-35(42-37(39)31-28-25-12-9-6-3)34-41-36(38)30-27-24-11-8-5-2/h17-18,35H,4-16,19-34H2,1-3H3/b18-17-. The summed E-state index contributed by atoms with van der Waals surface area (Å²) in [6.45, 7) is 7.66. The van der Waals surface area contributed by atoms with E-state index in [9.17, 15) is 9.59 Å². The number of carbonyl (C=O) groups is 2. The lowest BCUT2D eigenvalue weighted by Crippen LogP contribution is -2.30. The summed E-state index contributed by atoms with van der Waals surface area (Å²) in [5, 5.41) is 0. The highest BCUT2D eigenvalue weighted by Gasteiger charge is 2.17. The molecule has 0 aliphatic rings. The van der Waals surface area contributed by atoms with Crippen LogP contribution in [0.3, 0.4) is 0 Å². The first-order valence-electron chi connectivity index (χ1n) is 18.2. The zero-order chi connectivity index (χ0) is 30.8. The number of esters is 2. The van der Waals surface area contributed by atoms with Gasteiger partial charge < -0.3 is 14.2 Å². The van der Waals surface area contributed by atoms with Gasteiger partial charge in [-0.3, -0.25) is 9.59 Å². The molecule has 5 nitrogen and oxygen atoms in total. The van der Waals surface area contributed by atoms with E-state index in [0.29, 0.717) is 19.4 Å². The molecular formula is C37H70O5.